The van der Waals surface area contributed by atoms with Crippen molar-refractivity contribution in [1.82, 2.24) is 4.90 Å². The van der Waals surface area contributed by atoms with Crippen LogP contribution in [0.5, 0.6) is 5.75 Å². The van der Waals surface area contributed by atoms with Crippen molar-refractivity contribution in [2.45, 2.75) is 18.4 Å². The number of carbonyl (C=O) groups excluding carboxylic acids is 1. The number of hydrogen-bond donors (Lipinski definition) is 2. The molecule has 2 aromatic rings. The van der Waals surface area contributed by atoms with E-state index in [0.717, 1.165) is 0 Å². The summed E-state index contributed by atoms with van der Waals surface area (Å²) in [5, 5.41) is 19.1. The van der Waals surface area contributed by atoms with Crippen LogP contribution in [0.1, 0.15) is 28.8 Å². The molecule has 2 aromatic carbocycles. The van der Waals surface area contributed by atoms with Gasteiger partial charge in [0.1, 0.15) is 5.75 Å². The lowest BCUT2D eigenvalue weighted by Gasteiger charge is -2.36. The maximum Gasteiger partial charge on any atom is 0.193 e. The Balaban J connectivity index is 1.87. The first-order valence-corrected chi connectivity index (χ1v) is 8.74. The number of aliphatic hydroxyl groups is 2. The van der Waals surface area contributed by atoms with E-state index in [1.165, 1.54) is 0 Å². The minimum atomic E-state index is -0.630. The van der Waals surface area contributed by atoms with Crippen molar-refractivity contribution in [2.75, 3.05) is 33.9 Å². The van der Waals surface area contributed by atoms with Crippen molar-refractivity contribution < 1.29 is 19.7 Å². The van der Waals surface area contributed by atoms with Gasteiger partial charge in [0.05, 0.1) is 25.4 Å². The van der Waals surface area contributed by atoms with Gasteiger partial charge in [-0.2, -0.15) is 0 Å². The third-order valence-corrected chi connectivity index (χ3v) is 4.75. The molecule has 0 aliphatic rings. The Morgan fingerprint density at radius 1 is 0.962 bits per heavy atom. The van der Waals surface area contributed by atoms with Gasteiger partial charge in [0.15, 0.2) is 5.78 Å². The van der Waals surface area contributed by atoms with E-state index < -0.39 is 5.54 Å². The van der Waals surface area contributed by atoms with Crippen molar-refractivity contribution in [2.24, 2.45) is 0 Å². The second kappa shape index (κ2) is 9.48. The van der Waals surface area contributed by atoms with Gasteiger partial charge in [-0.15, -0.1) is 0 Å². The van der Waals surface area contributed by atoms with Gasteiger partial charge in [-0.25, -0.2) is 0 Å². The zero-order chi connectivity index (χ0) is 19.0. The molecule has 26 heavy (non-hydrogen) atoms. The fraction of sp³-hybridized carbons (Fsp3) is 0.381. The van der Waals surface area contributed by atoms with Crippen LogP contribution >= 0.6 is 0 Å². The quantitative estimate of drug-likeness (QED) is 0.505. The van der Waals surface area contributed by atoms with Gasteiger partial charge >= 0.3 is 0 Å². The number of hydrogen-bond acceptors (Lipinski definition) is 5. The van der Waals surface area contributed by atoms with Gasteiger partial charge in [0.2, 0.25) is 0 Å². The lowest BCUT2D eigenvalue weighted by atomic mass is 9.94. The molecule has 0 saturated carbocycles. The summed E-state index contributed by atoms with van der Waals surface area (Å²) >= 11 is 0. The third-order valence-electron chi connectivity index (χ3n) is 4.75. The van der Waals surface area contributed by atoms with Crippen molar-refractivity contribution in [3.8, 4) is 5.75 Å². The highest BCUT2D eigenvalue weighted by atomic mass is 16.5. The van der Waals surface area contributed by atoms with Crippen LogP contribution in [-0.4, -0.2) is 60.4 Å². The van der Waals surface area contributed by atoms with Crippen LogP contribution in [0.3, 0.4) is 0 Å². The summed E-state index contributed by atoms with van der Waals surface area (Å²) in [6.07, 6.45) is 1.32. The molecule has 0 atom stereocenters. The molecule has 0 radical (unpaired) electrons. The fourth-order valence-corrected chi connectivity index (χ4v) is 2.76. The zero-order valence-corrected chi connectivity index (χ0v) is 15.4. The van der Waals surface area contributed by atoms with Gasteiger partial charge in [-0.1, -0.05) is 30.3 Å². The van der Waals surface area contributed by atoms with E-state index in [-0.39, 0.29) is 19.0 Å². The molecule has 0 heterocycles. The van der Waals surface area contributed by atoms with E-state index in [0.29, 0.717) is 36.3 Å². The molecule has 0 saturated heterocycles. The highest BCUT2D eigenvalue weighted by molar-refractivity contribution is 6.08. The molecule has 0 fully saturated rings. The molecule has 0 spiro atoms. The average Bonchev–Trinajstić information content (AvgIpc) is 2.69. The van der Waals surface area contributed by atoms with Gasteiger partial charge < -0.3 is 14.9 Å². The highest BCUT2D eigenvalue weighted by Gasteiger charge is 2.30. The SMILES string of the molecule is CN(C)C(CO)(CO)CCCOc1ccc(C(=O)c2ccccc2)cc1. The molecule has 2 N–H and O–H groups in total. The monoisotopic (exact) mass is 357 g/mol. The second-order valence-electron chi connectivity index (χ2n) is 6.61. The molecule has 140 valence electrons. The lowest BCUT2D eigenvalue weighted by molar-refractivity contribution is 0.00688. The molecule has 0 aliphatic carbocycles. The number of benzene rings is 2. The molecular weight excluding hydrogens is 330 g/mol. The van der Waals surface area contributed by atoms with Crippen LogP contribution in [0.2, 0.25) is 0 Å². The zero-order valence-electron chi connectivity index (χ0n) is 15.4. The third kappa shape index (κ3) is 4.91. The summed E-state index contributed by atoms with van der Waals surface area (Å²) in [7, 11) is 3.69. The number of likely N-dealkylation sites (N-methyl/N-ethyl adjacent to an activating group) is 1. The summed E-state index contributed by atoms with van der Waals surface area (Å²) in [6, 6.07) is 16.3. The summed E-state index contributed by atoms with van der Waals surface area (Å²) in [6.45, 7) is 0.265. The smallest absolute Gasteiger partial charge is 0.193 e. The Bertz CT molecular complexity index is 679. The van der Waals surface area contributed by atoms with Gasteiger partial charge in [0, 0.05) is 11.1 Å². The van der Waals surface area contributed by atoms with Crippen molar-refractivity contribution in [1.29, 1.82) is 0 Å². The Morgan fingerprint density at radius 2 is 1.54 bits per heavy atom. The molecule has 5 nitrogen and oxygen atoms in total. The van der Waals surface area contributed by atoms with Crippen LogP contribution < -0.4 is 4.74 Å². The highest BCUT2D eigenvalue weighted by Crippen LogP contribution is 2.20. The molecule has 5 heteroatoms. The first kappa shape index (κ1) is 20.1. The summed E-state index contributed by atoms with van der Waals surface area (Å²) < 4.78 is 5.72. The maximum atomic E-state index is 12.4. The van der Waals surface area contributed by atoms with E-state index in [4.69, 9.17) is 4.74 Å². The number of ketones is 1. The molecular formula is C21H27NO4. The minimum Gasteiger partial charge on any atom is -0.494 e. The predicted molar refractivity (Wildman–Crippen MR) is 102 cm³/mol. The average molecular weight is 357 g/mol. The fourth-order valence-electron chi connectivity index (χ4n) is 2.76. The first-order valence-electron chi connectivity index (χ1n) is 8.74. The Hall–Kier alpha value is -2.21. The number of nitrogens with zero attached hydrogens (tertiary/aromatic N) is 1. The maximum absolute atomic E-state index is 12.4. The van der Waals surface area contributed by atoms with Crippen LogP contribution in [0.25, 0.3) is 0 Å². The molecule has 0 bridgehead atoms. The van der Waals surface area contributed by atoms with E-state index in [9.17, 15) is 15.0 Å². The summed E-state index contributed by atoms with van der Waals surface area (Å²) in [5.74, 6) is 0.678. The first-order chi connectivity index (χ1) is 12.5. The molecule has 0 unspecified atom stereocenters. The van der Waals surface area contributed by atoms with Crippen LogP contribution in [0.15, 0.2) is 54.6 Å². The van der Waals surface area contributed by atoms with Crippen molar-refractivity contribution in [3.63, 3.8) is 0 Å². The van der Waals surface area contributed by atoms with E-state index in [2.05, 4.69) is 0 Å². The number of carbonyl (C=O) groups is 1. The minimum absolute atomic E-state index is 0.0150. The molecule has 0 amide bonds. The predicted octanol–water partition coefficient (Wildman–Crippen LogP) is 2.36. The molecule has 2 rings (SSSR count). The van der Waals surface area contributed by atoms with Crippen LogP contribution in [0.4, 0.5) is 0 Å². The van der Waals surface area contributed by atoms with Crippen molar-refractivity contribution in [3.05, 3.63) is 65.7 Å². The topological polar surface area (TPSA) is 70.0 Å². The summed E-state index contributed by atoms with van der Waals surface area (Å²) in [4.78, 5) is 14.2. The van der Waals surface area contributed by atoms with Gasteiger partial charge in [-0.05, 0) is 51.2 Å². The van der Waals surface area contributed by atoms with E-state index in [1.807, 2.05) is 37.2 Å². The molecule has 0 aliphatic heterocycles. The standard InChI is InChI=1S/C21H27NO4/c1-22(2)21(15-23,16-24)13-6-14-26-19-11-9-18(10-12-19)20(25)17-7-4-3-5-8-17/h3-5,7-12,23-24H,6,13-16H2,1-2H3. The van der Waals surface area contributed by atoms with Crippen LogP contribution in [0, 0.1) is 0 Å². The molecule has 0 aromatic heterocycles. The normalized spacial score (nSPS) is 11.6. The van der Waals surface area contributed by atoms with Gasteiger partial charge in [0.25, 0.3) is 0 Å². The lowest BCUT2D eigenvalue weighted by Crippen LogP contribution is -2.50. The Kier molecular flexibility index (Phi) is 7.33. The number of aliphatic hydroxyl groups excluding tert-OH is 2. The Labute approximate surface area is 154 Å². The van der Waals surface area contributed by atoms with Gasteiger partial charge in [-0.3, -0.25) is 9.69 Å². The van der Waals surface area contributed by atoms with E-state index >= 15 is 0 Å². The van der Waals surface area contributed by atoms with E-state index in [1.54, 1.807) is 36.4 Å². The number of ether oxygens (including phenoxy) is 1. The Morgan fingerprint density at radius 3 is 2.08 bits per heavy atom. The van der Waals surface area contributed by atoms with Crippen molar-refractivity contribution >= 4 is 5.78 Å². The second-order valence-corrected chi connectivity index (χ2v) is 6.61. The van der Waals surface area contributed by atoms with Crippen LogP contribution in [-0.2, 0) is 0 Å². The number of rotatable bonds is 10. The summed E-state index contributed by atoms with van der Waals surface area (Å²) in [5.41, 5.74) is 0.653. The largest absolute Gasteiger partial charge is 0.494 e.